The van der Waals surface area contributed by atoms with E-state index in [9.17, 15) is 13.2 Å². The molecule has 0 amide bonds. The van der Waals surface area contributed by atoms with E-state index in [-0.39, 0.29) is 46.3 Å². The summed E-state index contributed by atoms with van der Waals surface area (Å²) in [5.41, 5.74) is 4.67. The zero-order valence-corrected chi connectivity index (χ0v) is 63.7. The highest BCUT2D eigenvalue weighted by atomic mass is 127. The first-order valence-electron chi connectivity index (χ1n) is 31.9. The van der Waals surface area contributed by atoms with Crippen LogP contribution in [0.5, 0.6) is 40.4 Å². The second-order valence-corrected chi connectivity index (χ2v) is 36.0. The molecule has 2 atom stereocenters. The highest BCUT2D eigenvalue weighted by molar-refractivity contribution is 14.1. The van der Waals surface area contributed by atoms with Crippen molar-refractivity contribution in [3.05, 3.63) is 228 Å². The van der Waals surface area contributed by atoms with Gasteiger partial charge in [0, 0.05) is 23.7 Å². The number of hydrogen-bond donors (Lipinski definition) is 0. The van der Waals surface area contributed by atoms with Crippen molar-refractivity contribution in [1.82, 2.24) is 19.9 Å². The molecule has 0 spiro atoms. The molecule has 3 aromatic heterocycles. The maximum absolute atomic E-state index is 14.9. The number of benzene rings is 7. The van der Waals surface area contributed by atoms with Crippen molar-refractivity contribution in [2.75, 3.05) is 34.5 Å². The number of rotatable bonds is 28. The molecule has 0 unspecified atom stereocenters. The number of methoxy groups -OCH3 is 3. The normalized spacial score (nSPS) is 12.8. The fourth-order valence-corrected chi connectivity index (χ4v) is 15.6. The van der Waals surface area contributed by atoms with E-state index in [0.29, 0.717) is 83.9 Å². The number of carbonyl (C=O) groups excluding carboxylic acids is 1. The van der Waals surface area contributed by atoms with Gasteiger partial charge in [0.1, 0.15) is 76.2 Å². The number of thiophene rings is 1. The molecule has 0 aliphatic carbocycles. The summed E-state index contributed by atoms with van der Waals surface area (Å²) in [7, 11) is -1.84. The first-order chi connectivity index (χ1) is 47.1. The standard InChI is InChI=1S/C76H79Cl2IN4O13S2Si/c1-47-63(48(2)67(78)68(66(47)77)93-58(44-92-98(85,86)45-49-22-16-14-17-23-49)43-91-76(51-24-18-15-19-25-51,52-28-32-55(87-9)33-29-52)53-30-34-56(88-10)35-31-53)64-65-71(81-46-82-72(65)97-69(64)79)94-62(73(84)95-74(3,4)5)41-50-40-57(96-99(12,13)75(6,7)8)36-37-60(50)90-42-54-38-39-80-70(83-54)59-26-20-21-27-61(59)89-11/h14-40,46,58,62H,41-45H2,1-13H3/t58-,62-/m1/s1. The molecular weight excluding hydrogens is 1470 g/mol. The number of carbonyl (C=O) groups is 1. The Morgan fingerprint density at radius 2 is 1.26 bits per heavy atom. The molecule has 0 fully saturated rings. The molecule has 0 saturated carbocycles. The lowest BCUT2D eigenvalue weighted by Gasteiger charge is -2.37. The minimum Gasteiger partial charge on any atom is -0.543 e. The van der Waals surface area contributed by atoms with Crippen LogP contribution in [0, 0.1) is 16.7 Å². The third kappa shape index (κ3) is 17.3. The van der Waals surface area contributed by atoms with Crippen LogP contribution in [0.1, 0.15) is 86.2 Å². The number of aromatic nitrogens is 4. The molecule has 0 radical (unpaired) electrons. The molecule has 3 heterocycles. The lowest BCUT2D eigenvalue weighted by atomic mass is 9.80. The summed E-state index contributed by atoms with van der Waals surface area (Å²) < 4.78 is 92.4. The van der Waals surface area contributed by atoms with Crippen LogP contribution in [0.2, 0.25) is 28.2 Å². The Balaban J connectivity index is 1.04. The van der Waals surface area contributed by atoms with Gasteiger partial charge in [-0.2, -0.15) is 8.42 Å². The smallest absolute Gasteiger partial charge is 0.348 e. The van der Waals surface area contributed by atoms with E-state index in [4.69, 9.17) is 84.7 Å². The van der Waals surface area contributed by atoms with Crippen molar-refractivity contribution in [3.63, 3.8) is 0 Å². The highest BCUT2D eigenvalue weighted by Gasteiger charge is 2.42. The molecule has 99 heavy (non-hydrogen) atoms. The first-order valence-corrected chi connectivity index (χ1v) is 39.0. The second-order valence-electron chi connectivity index (χ2n) is 26.1. The van der Waals surface area contributed by atoms with Crippen molar-refractivity contribution in [2.45, 2.75) is 116 Å². The van der Waals surface area contributed by atoms with Crippen molar-refractivity contribution in [3.8, 4) is 62.9 Å². The highest BCUT2D eigenvalue weighted by Crippen LogP contribution is 2.51. The average molecular weight is 1550 g/mol. The molecule has 10 rings (SSSR count). The summed E-state index contributed by atoms with van der Waals surface area (Å²) in [6, 6.07) is 48.4. The average Bonchev–Trinajstić information content (AvgIpc) is 1.72. The van der Waals surface area contributed by atoms with Crippen molar-refractivity contribution >= 4 is 91.8 Å². The molecule has 0 saturated heterocycles. The van der Waals surface area contributed by atoms with Crippen LogP contribution in [0.3, 0.4) is 0 Å². The molecular formula is C76H79Cl2IN4O13S2Si. The fraction of sp³-hybridized carbons (Fsp3) is 0.303. The van der Waals surface area contributed by atoms with Gasteiger partial charge in [-0.25, -0.2) is 24.7 Å². The van der Waals surface area contributed by atoms with Crippen LogP contribution in [0.25, 0.3) is 32.7 Å². The van der Waals surface area contributed by atoms with Gasteiger partial charge in [0.2, 0.25) is 20.3 Å². The largest absolute Gasteiger partial charge is 0.543 e. The summed E-state index contributed by atoms with van der Waals surface area (Å²) in [5.74, 6) is 2.45. The van der Waals surface area contributed by atoms with Crippen molar-refractivity contribution in [1.29, 1.82) is 0 Å². The third-order valence-electron chi connectivity index (χ3n) is 17.0. The Bertz CT molecular complexity index is 4520. The van der Waals surface area contributed by atoms with Gasteiger partial charge in [0.05, 0.1) is 57.5 Å². The Hall–Kier alpha value is -7.87. The minimum absolute atomic E-state index is 0.0396. The summed E-state index contributed by atoms with van der Waals surface area (Å²) in [6.45, 7) is 19.1. The van der Waals surface area contributed by atoms with Crippen LogP contribution >= 0.6 is 57.1 Å². The molecule has 23 heteroatoms. The summed E-state index contributed by atoms with van der Waals surface area (Å²) in [4.78, 5) is 34.3. The Kier molecular flexibility index (Phi) is 23.4. The van der Waals surface area contributed by atoms with Gasteiger partial charge in [0.15, 0.2) is 11.6 Å². The molecule has 0 bridgehead atoms. The number of halogens is 3. The van der Waals surface area contributed by atoms with E-state index in [0.717, 1.165) is 25.1 Å². The Morgan fingerprint density at radius 3 is 1.87 bits per heavy atom. The van der Waals surface area contributed by atoms with E-state index < -0.39 is 60.2 Å². The van der Waals surface area contributed by atoms with Gasteiger partial charge in [-0.05, 0) is 175 Å². The van der Waals surface area contributed by atoms with Gasteiger partial charge in [-0.1, -0.05) is 141 Å². The molecule has 0 N–H and O–H groups in total. The molecule has 0 aliphatic heterocycles. The zero-order chi connectivity index (χ0) is 71.0. The van der Waals surface area contributed by atoms with Crippen LogP contribution in [0.4, 0.5) is 0 Å². The third-order valence-corrected chi connectivity index (χ3v) is 25.5. The molecule has 10 aromatic rings. The van der Waals surface area contributed by atoms with Crippen molar-refractivity contribution in [2.24, 2.45) is 0 Å². The molecule has 0 aliphatic rings. The van der Waals surface area contributed by atoms with Gasteiger partial charge in [-0.15, -0.1) is 11.3 Å². The summed E-state index contributed by atoms with van der Waals surface area (Å²) in [6.07, 6.45) is 0.484. The van der Waals surface area contributed by atoms with Crippen LogP contribution in [-0.2, 0) is 53.0 Å². The van der Waals surface area contributed by atoms with E-state index in [1.54, 1.807) is 84.7 Å². The predicted octanol–water partition coefficient (Wildman–Crippen LogP) is 18.0. The maximum Gasteiger partial charge on any atom is 0.348 e. The topological polar surface area (TPSA) is 195 Å². The Morgan fingerprint density at radius 1 is 0.667 bits per heavy atom. The maximum atomic E-state index is 14.9. The fourth-order valence-electron chi connectivity index (χ4n) is 11.0. The van der Waals surface area contributed by atoms with Gasteiger partial charge >= 0.3 is 5.97 Å². The first kappa shape index (κ1) is 73.8. The van der Waals surface area contributed by atoms with Gasteiger partial charge in [0.25, 0.3) is 10.1 Å². The number of hydrogen-bond acceptors (Lipinski definition) is 18. The van der Waals surface area contributed by atoms with E-state index in [1.807, 2.05) is 135 Å². The number of esters is 1. The number of nitrogens with zero attached hydrogens (tertiary/aromatic N) is 4. The SMILES string of the molecule is COc1ccc(C(OC[C@H](COS(=O)(=O)Cc2ccccc2)Oc2c(Cl)c(C)c(-c3c(I)sc4ncnc(O[C@H](Cc5cc(O[Si](C)(C)C(C)(C)C)ccc5OCc5ccnc(-c6ccccc6OC)n5)C(=O)OC(C)(C)C)c34)c(C)c2Cl)(c2ccccc2)c2ccc(OC)cc2)cc1. The van der Waals surface area contributed by atoms with Crippen LogP contribution in [0.15, 0.2) is 170 Å². The second kappa shape index (κ2) is 31.3. The number of para-hydroxylation sites is 1. The monoisotopic (exact) mass is 1540 g/mol. The van der Waals surface area contributed by atoms with Crippen LogP contribution in [-0.4, -0.2) is 95.0 Å². The summed E-state index contributed by atoms with van der Waals surface area (Å²) >= 11 is 18.9. The van der Waals surface area contributed by atoms with Gasteiger partial charge in [-0.3, -0.25) is 4.18 Å². The lowest BCUT2D eigenvalue weighted by Crippen LogP contribution is -2.43. The minimum atomic E-state index is -4.23. The number of fused-ring (bicyclic) bond motifs is 1. The zero-order valence-electron chi connectivity index (χ0n) is 57.4. The molecule has 7 aromatic carbocycles. The Labute approximate surface area is 607 Å². The van der Waals surface area contributed by atoms with Crippen molar-refractivity contribution < 1.29 is 59.7 Å². The van der Waals surface area contributed by atoms with E-state index in [2.05, 4.69) is 61.4 Å². The molecule has 17 nitrogen and oxygen atoms in total. The van der Waals surface area contributed by atoms with E-state index >= 15 is 0 Å². The van der Waals surface area contributed by atoms with E-state index in [1.165, 1.54) is 17.7 Å². The van der Waals surface area contributed by atoms with Crippen LogP contribution < -0.4 is 32.8 Å². The quantitative estimate of drug-likeness (QED) is 0.0147. The lowest BCUT2D eigenvalue weighted by molar-refractivity contribution is -0.163. The molecule has 518 valence electrons. The van der Waals surface area contributed by atoms with Gasteiger partial charge < -0.3 is 42.3 Å². The predicted molar refractivity (Wildman–Crippen MR) is 399 cm³/mol. The number of ether oxygens (including phenoxy) is 8. The summed E-state index contributed by atoms with van der Waals surface area (Å²) in [5, 5.41) is 0.566.